The quantitative estimate of drug-likeness (QED) is 0.776. The minimum Gasteiger partial charge on any atom is -0.356 e. The Labute approximate surface area is 131 Å². The van der Waals surface area contributed by atoms with E-state index in [1.807, 2.05) is 18.2 Å². The van der Waals surface area contributed by atoms with Gasteiger partial charge in [-0.05, 0) is 25.0 Å². The number of H-pyrrole nitrogens is 1. The molecule has 6 heteroatoms. The van der Waals surface area contributed by atoms with Gasteiger partial charge < -0.3 is 10.3 Å². The fourth-order valence-electron chi connectivity index (χ4n) is 2.61. The SMILES string of the molecule is O=c1cc(CNc2nc3ccccc3s2)nc(C2CCC2)[nH]1. The third-order valence-corrected chi connectivity index (χ3v) is 5.01. The van der Waals surface area contributed by atoms with Gasteiger partial charge in [0.2, 0.25) is 0 Å². The summed E-state index contributed by atoms with van der Waals surface area (Å²) in [5, 5.41) is 4.13. The summed E-state index contributed by atoms with van der Waals surface area (Å²) in [6, 6.07) is 9.60. The van der Waals surface area contributed by atoms with Crippen LogP contribution in [0, 0.1) is 0 Å². The van der Waals surface area contributed by atoms with Crippen molar-refractivity contribution in [3.8, 4) is 0 Å². The van der Waals surface area contributed by atoms with E-state index in [9.17, 15) is 4.79 Å². The summed E-state index contributed by atoms with van der Waals surface area (Å²) in [5.74, 6) is 1.26. The smallest absolute Gasteiger partial charge is 0.251 e. The molecule has 0 amide bonds. The summed E-state index contributed by atoms with van der Waals surface area (Å²) in [6.45, 7) is 0.517. The third kappa shape index (κ3) is 2.62. The number of thiazole rings is 1. The monoisotopic (exact) mass is 312 g/mol. The van der Waals surface area contributed by atoms with Gasteiger partial charge in [0.05, 0.1) is 22.5 Å². The molecule has 1 aliphatic carbocycles. The first-order chi connectivity index (χ1) is 10.8. The molecule has 0 radical (unpaired) electrons. The van der Waals surface area contributed by atoms with Gasteiger partial charge in [0.15, 0.2) is 5.13 Å². The molecule has 0 spiro atoms. The summed E-state index contributed by atoms with van der Waals surface area (Å²) in [6.07, 6.45) is 3.47. The van der Waals surface area contributed by atoms with Crippen molar-refractivity contribution in [2.45, 2.75) is 31.7 Å². The molecular formula is C16H16N4OS. The lowest BCUT2D eigenvalue weighted by Gasteiger charge is -2.24. The van der Waals surface area contributed by atoms with E-state index in [0.29, 0.717) is 12.5 Å². The van der Waals surface area contributed by atoms with E-state index in [0.717, 1.165) is 39.7 Å². The van der Waals surface area contributed by atoms with Crippen LogP contribution in [0.5, 0.6) is 0 Å². The minimum absolute atomic E-state index is 0.0713. The predicted octanol–water partition coefficient (Wildman–Crippen LogP) is 3.26. The van der Waals surface area contributed by atoms with Gasteiger partial charge in [0.25, 0.3) is 5.56 Å². The van der Waals surface area contributed by atoms with Crippen molar-refractivity contribution in [1.29, 1.82) is 0 Å². The number of hydrogen-bond donors (Lipinski definition) is 2. The number of hydrogen-bond acceptors (Lipinski definition) is 5. The number of rotatable bonds is 4. The molecule has 0 unspecified atom stereocenters. The summed E-state index contributed by atoms with van der Waals surface area (Å²) in [7, 11) is 0. The lowest BCUT2D eigenvalue weighted by atomic mass is 9.85. The Morgan fingerprint density at radius 1 is 1.27 bits per heavy atom. The molecule has 0 saturated heterocycles. The second-order valence-corrected chi connectivity index (χ2v) is 6.62. The maximum absolute atomic E-state index is 11.8. The summed E-state index contributed by atoms with van der Waals surface area (Å²) < 4.78 is 1.15. The van der Waals surface area contributed by atoms with Gasteiger partial charge >= 0.3 is 0 Å². The zero-order chi connectivity index (χ0) is 14.9. The molecule has 112 valence electrons. The van der Waals surface area contributed by atoms with Crippen molar-refractivity contribution in [3.63, 3.8) is 0 Å². The number of aromatic amines is 1. The number of nitrogens with one attached hydrogen (secondary N) is 2. The van der Waals surface area contributed by atoms with Crippen LogP contribution in [0.1, 0.15) is 36.7 Å². The van der Waals surface area contributed by atoms with Gasteiger partial charge in [0, 0.05) is 12.0 Å². The summed E-state index contributed by atoms with van der Waals surface area (Å²) in [4.78, 5) is 23.7. The summed E-state index contributed by atoms with van der Waals surface area (Å²) >= 11 is 1.61. The maximum Gasteiger partial charge on any atom is 0.251 e. The lowest BCUT2D eigenvalue weighted by molar-refractivity contribution is 0.399. The first-order valence-electron chi connectivity index (χ1n) is 7.47. The Morgan fingerprint density at radius 3 is 2.91 bits per heavy atom. The molecule has 1 saturated carbocycles. The highest BCUT2D eigenvalue weighted by atomic mass is 32.1. The normalized spacial score (nSPS) is 14.9. The van der Waals surface area contributed by atoms with Crippen molar-refractivity contribution in [2.75, 3.05) is 5.32 Å². The molecule has 2 aromatic heterocycles. The van der Waals surface area contributed by atoms with Crippen LogP contribution in [-0.2, 0) is 6.54 Å². The third-order valence-electron chi connectivity index (χ3n) is 4.02. The van der Waals surface area contributed by atoms with Gasteiger partial charge in [-0.1, -0.05) is 29.9 Å². The second kappa shape index (κ2) is 5.53. The van der Waals surface area contributed by atoms with Crippen molar-refractivity contribution in [2.24, 2.45) is 0 Å². The number of anilines is 1. The summed E-state index contributed by atoms with van der Waals surface area (Å²) in [5.41, 5.74) is 1.69. The molecule has 0 bridgehead atoms. The zero-order valence-corrected chi connectivity index (χ0v) is 12.8. The highest BCUT2D eigenvalue weighted by Gasteiger charge is 2.22. The van der Waals surface area contributed by atoms with E-state index >= 15 is 0 Å². The Hall–Kier alpha value is -2.21. The zero-order valence-electron chi connectivity index (χ0n) is 12.0. The van der Waals surface area contributed by atoms with E-state index in [4.69, 9.17) is 0 Å². The van der Waals surface area contributed by atoms with Gasteiger partial charge in [-0.3, -0.25) is 4.79 Å². The van der Waals surface area contributed by atoms with Crippen LogP contribution in [0.4, 0.5) is 5.13 Å². The van der Waals surface area contributed by atoms with E-state index in [2.05, 4.69) is 26.3 Å². The lowest BCUT2D eigenvalue weighted by Crippen LogP contribution is -2.20. The number of aromatic nitrogens is 3. The average molecular weight is 312 g/mol. The Bertz CT molecular complexity index is 833. The van der Waals surface area contributed by atoms with Crippen LogP contribution in [0.15, 0.2) is 35.1 Å². The van der Waals surface area contributed by atoms with Crippen LogP contribution in [0.3, 0.4) is 0 Å². The largest absolute Gasteiger partial charge is 0.356 e. The molecule has 0 atom stereocenters. The van der Waals surface area contributed by atoms with Crippen LogP contribution in [0.25, 0.3) is 10.2 Å². The van der Waals surface area contributed by atoms with Crippen LogP contribution in [-0.4, -0.2) is 15.0 Å². The van der Waals surface area contributed by atoms with Gasteiger partial charge in [0.1, 0.15) is 5.82 Å². The predicted molar refractivity (Wildman–Crippen MR) is 88.4 cm³/mol. The molecule has 2 N–H and O–H groups in total. The fourth-order valence-corrected chi connectivity index (χ4v) is 3.47. The average Bonchev–Trinajstić information content (AvgIpc) is 2.85. The topological polar surface area (TPSA) is 70.7 Å². The molecule has 22 heavy (non-hydrogen) atoms. The molecular weight excluding hydrogens is 296 g/mol. The van der Waals surface area contributed by atoms with Gasteiger partial charge in [-0.25, -0.2) is 9.97 Å². The Morgan fingerprint density at radius 2 is 2.14 bits per heavy atom. The Kier molecular flexibility index (Phi) is 3.38. The number of fused-ring (bicyclic) bond motifs is 1. The first-order valence-corrected chi connectivity index (χ1v) is 8.29. The number of para-hydroxylation sites is 1. The van der Waals surface area contributed by atoms with Gasteiger partial charge in [-0.15, -0.1) is 0 Å². The van der Waals surface area contributed by atoms with E-state index in [-0.39, 0.29) is 5.56 Å². The van der Waals surface area contributed by atoms with Crippen LogP contribution >= 0.6 is 11.3 Å². The molecule has 1 fully saturated rings. The van der Waals surface area contributed by atoms with Crippen LogP contribution < -0.4 is 10.9 Å². The van der Waals surface area contributed by atoms with Gasteiger partial charge in [-0.2, -0.15) is 0 Å². The van der Waals surface area contributed by atoms with E-state index in [1.165, 1.54) is 6.42 Å². The maximum atomic E-state index is 11.8. The second-order valence-electron chi connectivity index (χ2n) is 5.59. The number of nitrogens with zero attached hydrogens (tertiary/aromatic N) is 2. The highest BCUT2D eigenvalue weighted by Crippen LogP contribution is 2.33. The molecule has 3 aromatic rings. The van der Waals surface area contributed by atoms with E-state index in [1.54, 1.807) is 17.4 Å². The molecule has 1 aliphatic rings. The van der Waals surface area contributed by atoms with Crippen molar-refractivity contribution in [3.05, 3.63) is 52.2 Å². The molecule has 4 rings (SSSR count). The highest BCUT2D eigenvalue weighted by molar-refractivity contribution is 7.22. The fraction of sp³-hybridized carbons (Fsp3) is 0.312. The molecule has 1 aromatic carbocycles. The molecule has 0 aliphatic heterocycles. The van der Waals surface area contributed by atoms with Crippen molar-refractivity contribution < 1.29 is 0 Å². The standard InChI is InChI=1S/C16H16N4OS/c21-14-8-11(18-15(20-14)10-4-3-5-10)9-17-16-19-12-6-1-2-7-13(12)22-16/h1-2,6-8,10H,3-5,9H2,(H,17,19)(H,18,20,21). The number of benzene rings is 1. The minimum atomic E-state index is -0.0713. The van der Waals surface area contributed by atoms with Crippen LogP contribution in [0.2, 0.25) is 0 Å². The molecule has 5 nitrogen and oxygen atoms in total. The van der Waals surface area contributed by atoms with Crippen molar-refractivity contribution in [1.82, 2.24) is 15.0 Å². The van der Waals surface area contributed by atoms with E-state index < -0.39 is 0 Å². The molecule has 2 heterocycles. The van der Waals surface area contributed by atoms with Crippen molar-refractivity contribution >= 4 is 26.7 Å². The Balaban J connectivity index is 1.53. The first kappa shape index (κ1) is 13.5.